The van der Waals surface area contributed by atoms with E-state index in [0.29, 0.717) is 11.6 Å². The third-order valence-corrected chi connectivity index (χ3v) is 7.47. The first-order valence-electron chi connectivity index (χ1n) is 11.3. The third kappa shape index (κ3) is 5.58. The Morgan fingerprint density at radius 1 is 0.886 bits per heavy atom. The van der Waals surface area contributed by atoms with Gasteiger partial charge in [-0.2, -0.15) is 5.10 Å². The molecule has 0 spiro atoms. The van der Waals surface area contributed by atoms with Gasteiger partial charge in [0.25, 0.3) is 15.9 Å². The molecule has 0 radical (unpaired) electrons. The fourth-order valence-corrected chi connectivity index (χ4v) is 5.20. The number of sulfonamides is 1. The standard InChI is InChI=1S/C28H27N3O3S/c1-21(2)22-15-17-25(18-16-22)31(35(33,34)26-12-4-3-5-13-26)20-28(32)30-29-19-24-11-8-10-23-9-6-7-14-27(23)24/h3-19,21H,20H2,1-2H3,(H,30,32). The summed E-state index contributed by atoms with van der Waals surface area (Å²) in [6.45, 7) is 3.72. The Kier molecular flexibility index (Phi) is 7.27. The van der Waals surface area contributed by atoms with E-state index in [-0.39, 0.29) is 4.90 Å². The second-order valence-corrected chi connectivity index (χ2v) is 10.3. The van der Waals surface area contributed by atoms with Crippen LogP contribution in [0.25, 0.3) is 10.8 Å². The summed E-state index contributed by atoms with van der Waals surface area (Å²) in [6.07, 6.45) is 1.56. The third-order valence-electron chi connectivity index (χ3n) is 5.68. The van der Waals surface area contributed by atoms with Gasteiger partial charge < -0.3 is 0 Å². The Hall–Kier alpha value is -3.97. The highest BCUT2D eigenvalue weighted by molar-refractivity contribution is 7.92. The van der Waals surface area contributed by atoms with Crippen molar-refractivity contribution in [3.05, 3.63) is 108 Å². The van der Waals surface area contributed by atoms with Crippen molar-refractivity contribution in [2.45, 2.75) is 24.7 Å². The molecule has 0 atom stereocenters. The molecule has 4 aromatic carbocycles. The van der Waals surface area contributed by atoms with E-state index >= 15 is 0 Å². The van der Waals surface area contributed by atoms with Crippen LogP contribution >= 0.6 is 0 Å². The van der Waals surface area contributed by atoms with Gasteiger partial charge in [-0.1, -0.05) is 86.6 Å². The first-order chi connectivity index (χ1) is 16.9. The minimum absolute atomic E-state index is 0.111. The molecule has 178 valence electrons. The van der Waals surface area contributed by atoms with Gasteiger partial charge in [0, 0.05) is 5.56 Å². The van der Waals surface area contributed by atoms with E-state index in [4.69, 9.17) is 0 Å². The van der Waals surface area contributed by atoms with Crippen LogP contribution in [0, 0.1) is 0 Å². The Morgan fingerprint density at radius 3 is 2.26 bits per heavy atom. The lowest BCUT2D eigenvalue weighted by atomic mass is 10.0. The molecule has 0 aliphatic rings. The molecule has 0 heterocycles. The molecule has 0 unspecified atom stereocenters. The predicted octanol–water partition coefficient (Wildman–Crippen LogP) is 5.31. The van der Waals surface area contributed by atoms with Crippen molar-refractivity contribution in [1.29, 1.82) is 0 Å². The van der Waals surface area contributed by atoms with E-state index < -0.39 is 22.5 Å². The lowest BCUT2D eigenvalue weighted by Gasteiger charge is -2.24. The lowest BCUT2D eigenvalue weighted by molar-refractivity contribution is -0.119. The predicted molar refractivity (Wildman–Crippen MR) is 141 cm³/mol. The molecule has 0 bridgehead atoms. The van der Waals surface area contributed by atoms with Crippen molar-refractivity contribution < 1.29 is 13.2 Å². The molecule has 4 aromatic rings. The van der Waals surface area contributed by atoms with E-state index in [2.05, 4.69) is 24.4 Å². The van der Waals surface area contributed by atoms with Gasteiger partial charge in [0.1, 0.15) is 6.54 Å². The van der Waals surface area contributed by atoms with Crippen LogP contribution < -0.4 is 9.73 Å². The zero-order chi connectivity index (χ0) is 24.8. The highest BCUT2D eigenvalue weighted by atomic mass is 32.2. The molecule has 0 saturated heterocycles. The van der Waals surface area contributed by atoms with E-state index in [9.17, 15) is 13.2 Å². The number of carbonyl (C=O) groups is 1. The number of nitrogens with zero attached hydrogens (tertiary/aromatic N) is 2. The van der Waals surface area contributed by atoms with Crippen molar-refractivity contribution in [2.24, 2.45) is 5.10 Å². The van der Waals surface area contributed by atoms with Crippen molar-refractivity contribution in [3.8, 4) is 0 Å². The molecular formula is C28H27N3O3S. The van der Waals surface area contributed by atoms with Crippen LogP contribution in [0.3, 0.4) is 0 Å². The van der Waals surface area contributed by atoms with Gasteiger partial charge in [-0.05, 0) is 46.5 Å². The van der Waals surface area contributed by atoms with Gasteiger partial charge in [0.15, 0.2) is 0 Å². The average molecular weight is 486 g/mol. The molecule has 6 nitrogen and oxygen atoms in total. The number of carbonyl (C=O) groups excluding carboxylic acids is 1. The van der Waals surface area contributed by atoms with E-state index in [1.54, 1.807) is 36.5 Å². The summed E-state index contributed by atoms with van der Waals surface area (Å²) in [6, 6.07) is 29.0. The SMILES string of the molecule is CC(C)c1ccc(N(CC(=O)NN=Cc2cccc3ccccc23)S(=O)(=O)c2ccccc2)cc1. The van der Waals surface area contributed by atoms with Crippen molar-refractivity contribution >= 4 is 38.6 Å². The largest absolute Gasteiger partial charge is 0.271 e. The smallest absolute Gasteiger partial charge is 0.264 e. The van der Waals surface area contributed by atoms with Crippen LogP contribution in [0.15, 0.2) is 107 Å². The lowest BCUT2D eigenvalue weighted by Crippen LogP contribution is -2.39. The Labute approximate surface area is 206 Å². The Bertz CT molecular complexity index is 1440. The average Bonchev–Trinajstić information content (AvgIpc) is 2.88. The summed E-state index contributed by atoms with van der Waals surface area (Å²) in [5.41, 5.74) is 4.81. The summed E-state index contributed by atoms with van der Waals surface area (Å²) < 4.78 is 28.0. The molecular weight excluding hydrogens is 458 g/mol. The van der Waals surface area contributed by atoms with Crippen LogP contribution in [0.2, 0.25) is 0 Å². The Balaban J connectivity index is 1.58. The molecule has 0 fully saturated rings. The molecule has 35 heavy (non-hydrogen) atoms. The van der Waals surface area contributed by atoms with Gasteiger partial charge in [-0.25, -0.2) is 13.8 Å². The minimum atomic E-state index is -3.97. The number of hydrogen-bond donors (Lipinski definition) is 1. The minimum Gasteiger partial charge on any atom is -0.271 e. The first kappa shape index (κ1) is 24.2. The van der Waals surface area contributed by atoms with Gasteiger partial charge >= 0.3 is 0 Å². The maximum Gasteiger partial charge on any atom is 0.264 e. The van der Waals surface area contributed by atoms with Crippen LogP contribution in [-0.4, -0.2) is 27.1 Å². The number of amides is 1. The maximum absolute atomic E-state index is 13.4. The molecule has 0 saturated carbocycles. The highest BCUT2D eigenvalue weighted by Gasteiger charge is 2.27. The van der Waals surface area contributed by atoms with E-state index in [1.165, 1.54) is 12.1 Å². The summed E-state index contributed by atoms with van der Waals surface area (Å²) in [5, 5.41) is 6.15. The van der Waals surface area contributed by atoms with Gasteiger partial charge in [0.05, 0.1) is 16.8 Å². The zero-order valence-electron chi connectivity index (χ0n) is 19.6. The van der Waals surface area contributed by atoms with E-state index in [1.807, 2.05) is 54.6 Å². The monoisotopic (exact) mass is 485 g/mol. The molecule has 4 rings (SSSR count). The number of benzene rings is 4. The molecule has 0 aliphatic heterocycles. The molecule has 7 heteroatoms. The number of hydrogen-bond acceptors (Lipinski definition) is 4. The van der Waals surface area contributed by atoms with Crippen LogP contribution in [-0.2, 0) is 14.8 Å². The normalized spacial score (nSPS) is 11.7. The second kappa shape index (κ2) is 10.5. The van der Waals surface area contributed by atoms with Crippen LogP contribution in [0.4, 0.5) is 5.69 Å². The van der Waals surface area contributed by atoms with Gasteiger partial charge in [-0.3, -0.25) is 9.10 Å². The molecule has 0 aliphatic carbocycles. The summed E-state index contributed by atoms with van der Waals surface area (Å²) >= 11 is 0. The Morgan fingerprint density at radius 2 is 1.54 bits per heavy atom. The molecule has 0 aromatic heterocycles. The van der Waals surface area contributed by atoms with Crippen molar-refractivity contribution in [1.82, 2.24) is 5.43 Å². The van der Waals surface area contributed by atoms with Crippen LogP contribution in [0.1, 0.15) is 30.9 Å². The van der Waals surface area contributed by atoms with Crippen LogP contribution in [0.5, 0.6) is 0 Å². The first-order valence-corrected chi connectivity index (χ1v) is 12.8. The highest BCUT2D eigenvalue weighted by Crippen LogP contribution is 2.25. The number of fused-ring (bicyclic) bond motifs is 1. The summed E-state index contributed by atoms with van der Waals surface area (Å²) in [7, 11) is -3.97. The number of nitrogens with one attached hydrogen (secondary N) is 1. The maximum atomic E-state index is 13.4. The van der Waals surface area contributed by atoms with Gasteiger partial charge in [-0.15, -0.1) is 0 Å². The fraction of sp³-hybridized carbons (Fsp3) is 0.143. The zero-order valence-corrected chi connectivity index (χ0v) is 20.4. The van der Waals surface area contributed by atoms with Crippen molar-refractivity contribution in [2.75, 3.05) is 10.8 Å². The molecule has 1 amide bonds. The van der Waals surface area contributed by atoms with E-state index in [0.717, 1.165) is 26.2 Å². The quantitative estimate of drug-likeness (QED) is 0.271. The van der Waals surface area contributed by atoms with Gasteiger partial charge in [0.2, 0.25) is 0 Å². The topological polar surface area (TPSA) is 78.8 Å². The number of rotatable bonds is 8. The van der Waals surface area contributed by atoms with Crippen molar-refractivity contribution in [3.63, 3.8) is 0 Å². The summed E-state index contributed by atoms with van der Waals surface area (Å²) in [4.78, 5) is 12.9. The number of anilines is 1. The second-order valence-electron chi connectivity index (χ2n) is 8.43. The fourth-order valence-electron chi connectivity index (χ4n) is 3.76. The number of hydrazone groups is 1. The molecule has 1 N–H and O–H groups in total. The summed E-state index contributed by atoms with van der Waals surface area (Å²) in [5.74, 6) is -0.246.